The summed E-state index contributed by atoms with van der Waals surface area (Å²) in [5.41, 5.74) is -0.484. The lowest BCUT2D eigenvalue weighted by molar-refractivity contribution is 0.0534. The number of hydrogen-bond acceptors (Lipinski definition) is 2. The third kappa shape index (κ3) is 3.33. The maximum atomic E-state index is 9.27. The minimum absolute atomic E-state index is 0.484. The van der Waals surface area contributed by atoms with E-state index in [2.05, 4.69) is 12.6 Å². The van der Waals surface area contributed by atoms with Crippen molar-refractivity contribution in [1.29, 1.82) is 0 Å². The van der Waals surface area contributed by atoms with Gasteiger partial charge in [0.15, 0.2) is 0 Å². The third-order valence-electron chi connectivity index (χ3n) is 1.41. The molecule has 0 aromatic heterocycles. The van der Waals surface area contributed by atoms with Crippen LogP contribution in [0.3, 0.4) is 0 Å². The van der Waals surface area contributed by atoms with Crippen LogP contribution in [0.15, 0.2) is 0 Å². The summed E-state index contributed by atoms with van der Waals surface area (Å²) in [6.45, 7) is 3.81. The molecule has 0 aliphatic heterocycles. The van der Waals surface area contributed by atoms with Crippen molar-refractivity contribution in [2.24, 2.45) is 0 Å². The Morgan fingerprint density at radius 2 is 2.12 bits per heavy atom. The van der Waals surface area contributed by atoms with Gasteiger partial charge in [0.05, 0.1) is 5.60 Å². The highest BCUT2D eigenvalue weighted by molar-refractivity contribution is 7.80. The molecule has 1 unspecified atom stereocenters. The Morgan fingerprint density at radius 1 is 1.62 bits per heavy atom. The Balaban J connectivity index is 3.37. The van der Waals surface area contributed by atoms with E-state index in [0.717, 1.165) is 18.6 Å². The van der Waals surface area contributed by atoms with Gasteiger partial charge in [0, 0.05) is 0 Å². The fourth-order valence-corrected chi connectivity index (χ4v) is 0.899. The van der Waals surface area contributed by atoms with Crippen LogP contribution in [0, 0.1) is 0 Å². The molecule has 0 aliphatic carbocycles. The SMILES string of the molecule is CCC(C)(O)CCS. The number of thiol groups is 1. The normalized spacial score (nSPS) is 18.0. The Bertz CT molecular complexity index is 61.5. The van der Waals surface area contributed by atoms with E-state index in [1.165, 1.54) is 0 Å². The van der Waals surface area contributed by atoms with Gasteiger partial charge in [0.2, 0.25) is 0 Å². The largest absolute Gasteiger partial charge is 0.390 e. The Hall–Kier alpha value is 0.310. The molecular formula is C6H14OS. The molecule has 0 aromatic rings. The summed E-state index contributed by atoms with van der Waals surface area (Å²) < 4.78 is 0. The molecule has 0 saturated heterocycles. The molecule has 0 saturated carbocycles. The second-order valence-corrected chi connectivity index (χ2v) is 2.77. The predicted octanol–water partition coefficient (Wildman–Crippen LogP) is 1.47. The molecule has 1 nitrogen and oxygen atoms in total. The first-order valence-electron chi connectivity index (χ1n) is 2.95. The van der Waals surface area contributed by atoms with Gasteiger partial charge in [-0.25, -0.2) is 0 Å². The van der Waals surface area contributed by atoms with Gasteiger partial charge in [-0.05, 0) is 25.5 Å². The van der Waals surface area contributed by atoms with Crippen LogP contribution in [0.25, 0.3) is 0 Å². The van der Waals surface area contributed by atoms with E-state index in [-0.39, 0.29) is 0 Å². The third-order valence-corrected chi connectivity index (χ3v) is 1.64. The van der Waals surface area contributed by atoms with Gasteiger partial charge in [-0.3, -0.25) is 0 Å². The summed E-state index contributed by atoms with van der Waals surface area (Å²) in [7, 11) is 0. The molecule has 0 spiro atoms. The van der Waals surface area contributed by atoms with E-state index < -0.39 is 5.60 Å². The summed E-state index contributed by atoms with van der Waals surface area (Å²) in [5.74, 6) is 0.765. The predicted molar refractivity (Wildman–Crippen MR) is 39.4 cm³/mol. The van der Waals surface area contributed by atoms with Gasteiger partial charge < -0.3 is 5.11 Å². The lowest BCUT2D eigenvalue weighted by Gasteiger charge is -2.18. The molecule has 50 valence electrons. The van der Waals surface area contributed by atoms with Crippen molar-refractivity contribution < 1.29 is 5.11 Å². The van der Waals surface area contributed by atoms with Crippen molar-refractivity contribution in [3.63, 3.8) is 0 Å². The summed E-state index contributed by atoms with van der Waals surface area (Å²) in [4.78, 5) is 0. The van der Waals surface area contributed by atoms with Crippen LogP contribution in [-0.2, 0) is 0 Å². The maximum Gasteiger partial charge on any atom is 0.0625 e. The molecular weight excluding hydrogens is 120 g/mol. The molecule has 1 N–H and O–H groups in total. The van der Waals surface area contributed by atoms with E-state index in [1.54, 1.807) is 0 Å². The Kier molecular flexibility index (Phi) is 3.49. The van der Waals surface area contributed by atoms with Gasteiger partial charge in [0.1, 0.15) is 0 Å². The highest BCUT2D eigenvalue weighted by Crippen LogP contribution is 2.13. The maximum absolute atomic E-state index is 9.27. The van der Waals surface area contributed by atoms with Crippen LogP contribution in [0.4, 0.5) is 0 Å². The van der Waals surface area contributed by atoms with Crippen molar-refractivity contribution in [2.75, 3.05) is 5.75 Å². The minimum atomic E-state index is -0.484. The summed E-state index contributed by atoms with van der Waals surface area (Å²) >= 11 is 4.01. The van der Waals surface area contributed by atoms with Crippen LogP contribution < -0.4 is 0 Å². The smallest absolute Gasteiger partial charge is 0.0625 e. The number of aliphatic hydroxyl groups is 1. The highest BCUT2D eigenvalue weighted by Gasteiger charge is 2.14. The minimum Gasteiger partial charge on any atom is -0.390 e. The zero-order valence-corrected chi connectivity index (χ0v) is 6.41. The van der Waals surface area contributed by atoms with Crippen molar-refractivity contribution in [2.45, 2.75) is 32.3 Å². The van der Waals surface area contributed by atoms with Crippen LogP contribution >= 0.6 is 12.6 Å². The lowest BCUT2D eigenvalue weighted by Crippen LogP contribution is -2.22. The molecule has 2 heteroatoms. The van der Waals surface area contributed by atoms with Crippen LogP contribution in [0.2, 0.25) is 0 Å². The fraction of sp³-hybridized carbons (Fsp3) is 1.00. The number of hydrogen-bond donors (Lipinski definition) is 2. The monoisotopic (exact) mass is 134 g/mol. The second kappa shape index (κ2) is 3.36. The van der Waals surface area contributed by atoms with E-state index in [0.29, 0.717) is 0 Å². The zero-order valence-electron chi connectivity index (χ0n) is 5.52. The first-order valence-corrected chi connectivity index (χ1v) is 3.59. The standard InChI is InChI=1S/C6H14OS/c1-3-6(2,7)4-5-8/h7-8H,3-5H2,1-2H3. The zero-order chi connectivity index (χ0) is 6.62. The summed E-state index contributed by atoms with van der Waals surface area (Å²) in [6, 6.07) is 0. The molecule has 0 fully saturated rings. The molecule has 0 aliphatic rings. The summed E-state index contributed by atoms with van der Waals surface area (Å²) in [5, 5.41) is 9.27. The van der Waals surface area contributed by atoms with E-state index in [9.17, 15) is 5.11 Å². The average Bonchev–Trinajstić information content (AvgIpc) is 1.67. The van der Waals surface area contributed by atoms with Gasteiger partial charge in [-0.15, -0.1) is 0 Å². The van der Waals surface area contributed by atoms with Crippen molar-refractivity contribution in [3.05, 3.63) is 0 Å². The van der Waals surface area contributed by atoms with Crippen molar-refractivity contribution in [3.8, 4) is 0 Å². The van der Waals surface area contributed by atoms with Crippen molar-refractivity contribution >= 4 is 12.6 Å². The fourth-order valence-electron chi connectivity index (χ4n) is 0.418. The molecule has 0 aromatic carbocycles. The molecule has 0 bridgehead atoms. The molecule has 0 heterocycles. The number of rotatable bonds is 3. The van der Waals surface area contributed by atoms with E-state index in [1.807, 2.05) is 13.8 Å². The second-order valence-electron chi connectivity index (χ2n) is 2.32. The quantitative estimate of drug-likeness (QED) is 0.560. The van der Waals surface area contributed by atoms with Gasteiger partial charge in [-0.2, -0.15) is 12.6 Å². The van der Waals surface area contributed by atoms with Gasteiger partial charge in [-0.1, -0.05) is 6.92 Å². The first-order chi connectivity index (χ1) is 3.62. The van der Waals surface area contributed by atoms with Crippen LogP contribution in [0.1, 0.15) is 26.7 Å². The molecule has 0 radical (unpaired) electrons. The van der Waals surface area contributed by atoms with Crippen LogP contribution in [0.5, 0.6) is 0 Å². The summed E-state index contributed by atoms with van der Waals surface area (Å²) in [6.07, 6.45) is 1.60. The van der Waals surface area contributed by atoms with E-state index >= 15 is 0 Å². The molecule has 0 amide bonds. The van der Waals surface area contributed by atoms with E-state index in [4.69, 9.17) is 0 Å². The topological polar surface area (TPSA) is 20.2 Å². The van der Waals surface area contributed by atoms with Crippen molar-refractivity contribution in [1.82, 2.24) is 0 Å². The van der Waals surface area contributed by atoms with Gasteiger partial charge in [0.25, 0.3) is 0 Å². The lowest BCUT2D eigenvalue weighted by atomic mass is 10.0. The average molecular weight is 134 g/mol. The molecule has 8 heavy (non-hydrogen) atoms. The van der Waals surface area contributed by atoms with Gasteiger partial charge >= 0.3 is 0 Å². The molecule has 1 atom stereocenters. The molecule has 0 rings (SSSR count). The highest BCUT2D eigenvalue weighted by atomic mass is 32.1. The Labute approximate surface area is 56.5 Å². The Morgan fingerprint density at radius 3 is 2.25 bits per heavy atom. The first kappa shape index (κ1) is 8.31. The van der Waals surface area contributed by atoms with Crippen LogP contribution in [-0.4, -0.2) is 16.5 Å².